The van der Waals surface area contributed by atoms with Gasteiger partial charge in [-0.3, -0.25) is 0 Å². The summed E-state index contributed by atoms with van der Waals surface area (Å²) in [5.41, 5.74) is 2.70. The van der Waals surface area contributed by atoms with Crippen LogP contribution in [0.2, 0.25) is 0 Å². The zero-order valence-corrected chi connectivity index (χ0v) is 15.6. The van der Waals surface area contributed by atoms with Gasteiger partial charge in [-0.05, 0) is 56.0 Å². The minimum atomic E-state index is -0.249. The second-order valence-electron chi connectivity index (χ2n) is 7.28. The molecule has 3 aromatic rings. The summed E-state index contributed by atoms with van der Waals surface area (Å²) < 4.78 is 19.1. The quantitative estimate of drug-likeness (QED) is 0.640. The van der Waals surface area contributed by atoms with Crippen molar-refractivity contribution < 1.29 is 8.91 Å². The number of likely N-dealkylation sites (tertiary alicyclic amines) is 1. The van der Waals surface area contributed by atoms with E-state index in [1.165, 1.54) is 18.1 Å². The predicted molar refractivity (Wildman–Crippen MR) is 103 cm³/mol. The summed E-state index contributed by atoms with van der Waals surface area (Å²) in [7, 11) is 0. The van der Waals surface area contributed by atoms with Crippen molar-refractivity contribution >= 4 is 0 Å². The normalized spacial score (nSPS) is 17.5. The van der Waals surface area contributed by atoms with Crippen LogP contribution >= 0.6 is 0 Å². The van der Waals surface area contributed by atoms with E-state index in [9.17, 15) is 4.39 Å². The highest BCUT2D eigenvalue weighted by atomic mass is 19.1. The third-order valence-corrected chi connectivity index (χ3v) is 5.31. The molecule has 4 rings (SSSR count). The van der Waals surface area contributed by atoms with Crippen LogP contribution in [0.25, 0.3) is 11.4 Å². The van der Waals surface area contributed by atoms with E-state index in [0.717, 1.165) is 32.5 Å². The van der Waals surface area contributed by atoms with E-state index in [0.29, 0.717) is 28.8 Å². The van der Waals surface area contributed by atoms with Crippen molar-refractivity contribution in [2.24, 2.45) is 0 Å². The van der Waals surface area contributed by atoms with Gasteiger partial charge in [-0.1, -0.05) is 47.6 Å². The number of rotatable bonds is 6. The number of nitrogens with zero attached hydrogens (tertiary/aromatic N) is 3. The maximum Gasteiger partial charge on any atom is 0.227 e. The van der Waals surface area contributed by atoms with Crippen LogP contribution in [0.3, 0.4) is 0 Å². The molecule has 0 bridgehead atoms. The smallest absolute Gasteiger partial charge is 0.227 e. The van der Waals surface area contributed by atoms with Crippen LogP contribution in [-0.2, 0) is 6.42 Å². The Labute approximate surface area is 159 Å². The molecular formula is C22H24FN3O. The van der Waals surface area contributed by atoms with Crippen LogP contribution in [0, 0.1) is 12.7 Å². The van der Waals surface area contributed by atoms with Crippen molar-refractivity contribution in [1.29, 1.82) is 0 Å². The first-order chi connectivity index (χ1) is 13.2. The van der Waals surface area contributed by atoms with E-state index in [1.807, 2.05) is 6.07 Å². The van der Waals surface area contributed by atoms with Gasteiger partial charge >= 0.3 is 0 Å². The van der Waals surface area contributed by atoms with Gasteiger partial charge in [0.05, 0.1) is 0 Å². The van der Waals surface area contributed by atoms with Gasteiger partial charge in [-0.25, -0.2) is 4.39 Å². The van der Waals surface area contributed by atoms with E-state index in [2.05, 4.69) is 45.4 Å². The molecule has 5 heteroatoms. The van der Waals surface area contributed by atoms with Gasteiger partial charge < -0.3 is 9.42 Å². The maximum atomic E-state index is 13.7. The molecule has 0 unspecified atom stereocenters. The van der Waals surface area contributed by atoms with Crippen LogP contribution < -0.4 is 0 Å². The molecule has 0 N–H and O–H groups in total. The fourth-order valence-corrected chi connectivity index (χ4v) is 3.69. The van der Waals surface area contributed by atoms with Crippen molar-refractivity contribution in [2.45, 2.75) is 32.1 Å². The number of aryl methyl sites for hydroxylation is 2. The Kier molecular flexibility index (Phi) is 5.30. The SMILES string of the molecule is Cc1ccc(-c2noc(CCCN3CC[C@H](c4ccccc4)C3)n2)cc1F. The van der Waals surface area contributed by atoms with Gasteiger partial charge in [0.1, 0.15) is 5.82 Å². The lowest BCUT2D eigenvalue weighted by Crippen LogP contribution is -2.22. The molecule has 1 aliphatic rings. The van der Waals surface area contributed by atoms with E-state index < -0.39 is 0 Å². The second-order valence-corrected chi connectivity index (χ2v) is 7.28. The Morgan fingerprint density at radius 3 is 2.85 bits per heavy atom. The van der Waals surface area contributed by atoms with Crippen LogP contribution in [-0.4, -0.2) is 34.7 Å². The lowest BCUT2D eigenvalue weighted by atomic mass is 9.99. The van der Waals surface area contributed by atoms with Crippen LogP contribution in [0.1, 0.15) is 35.8 Å². The summed E-state index contributed by atoms with van der Waals surface area (Å²) in [4.78, 5) is 6.92. The zero-order valence-electron chi connectivity index (χ0n) is 15.6. The van der Waals surface area contributed by atoms with E-state index in [1.54, 1.807) is 13.0 Å². The Balaban J connectivity index is 1.28. The topological polar surface area (TPSA) is 42.2 Å². The maximum absolute atomic E-state index is 13.7. The fourth-order valence-electron chi connectivity index (χ4n) is 3.69. The molecule has 0 saturated carbocycles. The average Bonchev–Trinajstić information content (AvgIpc) is 3.35. The summed E-state index contributed by atoms with van der Waals surface area (Å²) >= 11 is 0. The summed E-state index contributed by atoms with van der Waals surface area (Å²) in [5.74, 6) is 1.46. The molecule has 1 aromatic heterocycles. The summed E-state index contributed by atoms with van der Waals surface area (Å²) in [6, 6.07) is 15.8. The minimum Gasteiger partial charge on any atom is -0.339 e. The second kappa shape index (κ2) is 8.01. The van der Waals surface area contributed by atoms with Crippen molar-refractivity contribution in [3.63, 3.8) is 0 Å². The molecule has 0 aliphatic carbocycles. The van der Waals surface area contributed by atoms with Gasteiger partial charge in [-0.2, -0.15) is 4.98 Å². The first-order valence-electron chi connectivity index (χ1n) is 9.55. The zero-order chi connectivity index (χ0) is 18.6. The monoisotopic (exact) mass is 365 g/mol. The molecule has 1 saturated heterocycles. The lowest BCUT2D eigenvalue weighted by molar-refractivity contribution is 0.315. The fraction of sp³-hybridized carbons (Fsp3) is 0.364. The van der Waals surface area contributed by atoms with Crippen molar-refractivity contribution in [2.75, 3.05) is 19.6 Å². The molecule has 0 amide bonds. The Bertz CT molecular complexity index is 894. The first kappa shape index (κ1) is 17.9. The minimum absolute atomic E-state index is 0.249. The third kappa shape index (κ3) is 4.25. The predicted octanol–water partition coefficient (Wildman–Crippen LogP) is 4.61. The van der Waals surface area contributed by atoms with Crippen LogP contribution in [0.4, 0.5) is 4.39 Å². The number of hydrogen-bond donors (Lipinski definition) is 0. The van der Waals surface area contributed by atoms with Gasteiger partial charge in [0.25, 0.3) is 0 Å². The highest BCUT2D eigenvalue weighted by Gasteiger charge is 2.23. The highest BCUT2D eigenvalue weighted by Crippen LogP contribution is 2.27. The van der Waals surface area contributed by atoms with Gasteiger partial charge in [0.2, 0.25) is 11.7 Å². The molecule has 1 fully saturated rings. The summed E-state index contributed by atoms with van der Waals surface area (Å²) in [6.45, 7) is 5.01. The number of benzene rings is 2. The van der Waals surface area contributed by atoms with Crippen molar-refractivity contribution in [1.82, 2.24) is 15.0 Å². The molecule has 140 valence electrons. The van der Waals surface area contributed by atoms with E-state index in [-0.39, 0.29) is 5.82 Å². The van der Waals surface area contributed by atoms with E-state index in [4.69, 9.17) is 4.52 Å². The molecular weight excluding hydrogens is 341 g/mol. The molecule has 0 spiro atoms. The van der Waals surface area contributed by atoms with E-state index >= 15 is 0 Å². The number of halogens is 1. The molecule has 1 aliphatic heterocycles. The Hall–Kier alpha value is -2.53. The first-order valence-corrected chi connectivity index (χ1v) is 9.55. The van der Waals surface area contributed by atoms with Crippen LogP contribution in [0.15, 0.2) is 53.1 Å². The lowest BCUT2D eigenvalue weighted by Gasteiger charge is -2.15. The standard InChI is InChI=1S/C22H24FN3O/c1-16-9-10-18(14-20(16)23)22-24-21(27-25-22)8-5-12-26-13-11-19(15-26)17-6-3-2-4-7-17/h2-4,6-7,9-10,14,19H,5,8,11-13,15H2,1H3/t19-/m0/s1. The van der Waals surface area contributed by atoms with Crippen molar-refractivity contribution in [3.8, 4) is 11.4 Å². The summed E-state index contributed by atoms with van der Waals surface area (Å²) in [6.07, 6.45) is 2.94. The van der Waals surface area contributed by atoms with Crippen molar-refractivity contribution in [3.05, 3.63) is 71.4 Å². The molecule has 2 heterocycles. The molecule has 2 aromatic carbocycles. The van der Waals surface area contributed by atoms with Gasteiger partial charge in [-0.15, -0.1) is 0 Å². The molecule has 0 radical (unpaired) electrons. The summed E-state index contributed by atoms with van der Waals surface area (Å²) in [5, 5.41) is 3.99. The molecule has 4 nitrogen and oxygen atoms in total. The average molecular weight is 365 g/mol. The molecule has 1 atom stereocenters. The number of aromatic nitrogens is 2. The van der Waals surface area contributed by atoms with Gasteiger partial charge in [0.15, 0.2) is 0 Å². The largest absolute Gasteiger partial charge is 0.339 e. The molecule has 27 heavy (non-hydrogen) atoms. The Morgan fingerprint density at radius 2 is 2.04 bits per heavy atom. The Morgan fingerprint density at radius 1 is 1.19 bits per heavy atom. The third-order valence-electron chi connectivity index (χ3n) is 5.31. The number of hydrogen-bond acceptors (Lipinski definition) is 4. The van der Waals surface area contributed by atoms with Crippen LogP contribution in [0.5, 0.6) is 0 Å². The van der Waals surface area contributed by atoms with Gasteiger partial charge in [0, 0.05) is 18.5 Å². The highest BCUT2D eigenvalue weighted by molar-refractivity contribution is 5.54.